The van der Waals surface area contributed by atoms with E-state index in [0.29, 0.717) is 24.1 Å². The van der Waals surface area contributed by atoms with E-state index in [1.54, 1.807) is 18.2 Å². The van der Waals surface area contributed by atoms with Gasteiger partial charge in [-0.15, -0.1) is 0 Å². The van der Waals surface area contributed by atoms with Crippen LogP contribution < -0.4 is 4.90 Å². The lowest BCUT2D eigenvalue weighted by Gasteiger charge is -2.25. The Kier molecular flexibility index (Phi) is 5.84. The van der Waals surface area contributed by atoms with Crippen LogP contribution in [0, 0.1) is 5.82 Å². The summed E-state index contributed by atoms with van der Waals surface area (Å²) in [5.74, 6) is -2.19. The van der Waals surface area contributed by atoms with Crippen molar-refractivity contribution in [2.45, 2.75) is 12.5 Å². The molecule has 0 saturated carbocycles. The number of carbonyl (C=O) groups excluding carboxylic acids is 2. The molecule has 6 nitrogen and oxygen atoms in total. The third kappa shape index (κ3) is 3.94. The number of ketones is 1. The molecule has 0 spiro atoms. The normalized spacial score (nSPS) is 18.9. The number of aromatic nitrogens is 1. The van der Waals surface area contributed by atoms with E-state index in [-0.39, 0.29) is 11.3 Å². The van der Waals surface area contributed by atoms with Crippen LogP contribution >= 0.6 is 0 Å². The number of pyridine rings is 1. The van der Waals surface area contributed by atoms with Crippen molar-refractivity contribution in [1.82, 2.24) is 9.88 Å². The number of nitrogens with one attached hydrogen (secondary N) is 1. The fourth-order valence-corrected chi connectivity index (χ4v) is 3.40. The summed E-state index contributed by atoms with van der Waals surface area (Å²) in [6.07, 6.45) is 3.65. The number of rotatable bonds is 6. The van der Waals surface area contributed by atoms with Crippen molar-refractivity contribution in [3.8, 4) is 0 Å². The monoisotopic (exact) mass is 384 g/mol. The lowest BCUT2D eigenvalue weighted by molar-refractivity contribution is -0.858. The lowest BCUT2D eigenvalue weighted by atomic mass is 9.95. The van der Waals surface area contributed by atoms with Crippen LogP contribution in [0.2, 0.25) is 0 Å². The van der Waals surface area contributed by atoms with Crippen LogP contribution in [0.1, 0.15) is 23.6 Å². The Hall–Kier alpha value is -3.06. The minimum atomic E-state index is -0.832. The highest BCUT2D eigenvalue weighted by Crippen LogP contribution is 2.39. The Morgan fingerprint density at radius 3 is 2.57 bits per heavy atom. The van der Waals surface area contributed by atoms with Crippen LogP contribution in [-0.2, 0) is 9.59 Å². The van der Waals surface area contributed by atoms with E-state index >= 15 is 0 Å². The zero-order valence-electron chi connectivity index (χ0n) is 15.9. The summed E-state index contributed by atoms with van der Waals surface area (Å²) in [5.41, 5.74) is 0.804. The molecule has 28 heavy (non-hydrogen) atoms. The average Bonchev–Trinajstić information content (AvgIpc) is 2.93. The molecule has 1 fully saturated rings. The summed E-state index contributed by atoms with van der Waals surface area (Å²) in [7, 11) is 4.00. The molecular formula is C21H23FN3O3+. The summed E-state index contributed by atoms with van der Waals surface area (Å²) < 4.78 is 13.9. The molecule has 1 aliphatic heterocycles. The number of hydrogen-bond donors (Lipinski definition) is 2. The number of nitrogens with zero attached hydrogens (tertiary/aromatic N) is 2. The molecule has 0 aliphatic carbocycles. The van der Waals surface area contributed by atoms with E-state index in [4.69, 9.17) is 0 Å². The Balaban J connectivity index is 2.08. The second-order valence-corrected chi connectivity index (χ2v) is 7.09. The number of aliphatic hydroxyl groups is 1. The highest BCUT2D eigenvalue weighted by molar-refractivity contribution is 6.46. The molecule has 0 radical (unpaired) electrons. The molecule has 1 amide bonds. The van der Waals surface area contributed by atoms with Crippen LogP contribution in [0.5, 0.6) is 0 Å². The molecule has 1 aliphatic rings. The molecule has 3 rings (SSSR count). The van der Waals surface area contributed by atoms with Crippen molar-refractivity contribution in [2.75, 3.05) is 27.2 Å². The molecule has 0 bridgehead atoms. The van der Waals surface area contributed by atoms with Crippen LogP contribution in [0.25, 0.3) is 5.76 Å². The van der Waals surface area contributed by atoms with Crippen LogP contribution in [-0.4, -0.2) is 53.9 Å². The molecule has 2 aromatic rings. The summed E-state index contributed by atoms with van der Waals surface area (Å²) in [4.78, 5) is 32.0. The third-order valence-electron chi connectivity index (χ3n) is 4.73. The quantitative estimate of drug-likeness (QED) is 0.446. The van der Waals surface area contributed by atoms with Crippen molar-refractivity contribution >= 4 is 17.4 Å². The highest BCUT2D eigenvalue weighted by atomic mass is 19.1. The molecule has 1 aromatic carbocycles. The zero-order valence-corrected chi connectivity index (χ0v) is 15.9. The minimum Gasteiger partial charge on any atom is -0.507 e. The van der Waals surface area contributed by atoms with Gasteiger partial charge in [-0.05, 0) is 29.8 Å². The molecule has 2 N–H and O–H groups in total. The first-order chi connectivity index (χ1) is 13.4. The first-order valence-electron chi connectivity index (χ1n) is 9.13. The molecule has 146 valence electrons. The van der Waals surface area contributed by atoms with Gasteiger partial charge in [0.1, 0.15) is 11.6 Å². The molecule has 2 heterocycles. The Labute approximate surface area is 162 Å². The summed E-state index contributed by atoms with van der Waals surface area (Å²) in [6, 6.07) is 8.06. The number of quaternary nitrogens is 1. The van der Waals surface area contributed by atoms with Crippen molar-refractivity contribution in [1.29, 1.82) is 0 Å². The largest absolute Gasteiger partial charge is 0.507 e. The smallest absolute Gasteiger partial charge is 0.295 e. The number of carbonyl (C=O) groups is 2. The summed E-state index contributed by atoms with van der Waals surface area (Å²) in [5, 5.41) is 10.8. The van der Waals surface area contributed by atoms with Gasteiger partial charge in [0.05, 0.1) is 32.3 Å². The Morgan fingerprint density at radius 2 is 1.93 bits per heavy atom. The number of Topliss-reactive ketones (excluding diaryl/α,β-unsaturated/α-hetero) is 1. The van der Waals surface area contributed by atoms with E-state index in [1.165, 1.54) is 40.4 Å². The number of halogens is 1. The molecule has 1 saturated heterocycles. The second kappa shape index (κ2) is 8.31. The second-order valence-electron chi connectivity index (χ2n) is 7.09. The van der Waals surface area contributed by atoms with E-state index in [9.17, 15) is 19.1 Å². The SMILES string of the molecule is C[NH+](C)CCCN1C(=O)C(=O)C(=C(O)c2ccncc2)[C@@H]1c1cccc(F)c1. The number of hydrogen-bond acceptors (Lipinski definition) is 4. The first-order valence-corrected chi connectivity index (χ1v) is 9.13. The predicted molar refractivity (Wildman–Crippen MR) is 102 cm³/mol. The van der Waals surface area contributed by atoms with Crippen LogP contribution in [0.4, 0.5) is 4.39 Å². The van der Waals surface area contributed by atoms with Crippen LogP contribution in [0.3, 0.4) is 0 Å². The van der Waals surface area contributed by atoms with Gasteiger partial charge in [-0.25, -0.2) is 4.39 Å². The molecule has 7 heteroatoms. The van der Waals surface area contributed by atoms with Gasteiger partial charge in [0.2, 0.25) is 0 Å². The molecular weight excluding hydrogens is 361 g/mol. The highest BCUT2D eigenvalue weighted by Gasteiger charge is 2.45. The Morgan fingerprint density at radius 1 is 1.21 bits per heavy atom. The first kappa shape index (κ1) is 19.7. The van der Waals surface area contributed by atoms with Gasteiger partial charge in [0.15, 0.2) is 0 Å². The van der Waals surface area contributed by atoms with Gasteiger partial charge in [0, 0.05) is 30.9 Å². The fourth-order valence-electron chi connectivity index (χ4n) is 3.40. The van der Waals surface area contributed by atoms with Gasteiger partial charge in [-0.3, -0.25) is 14.6 Å². The van der Waals surface area contributed by atoms with E-state index in [2.05, 4.69) is 4.98 Å². The van der Waals surface area contributed by atoms with E-state index in [1.807, 2.05) is 14.1 Å². The topological polar surface area (TPSA) is 74.9 Å². The standard InChI is InChI=1S/C21H22FN3O3/c1-24(2)11-4-12-25-18(15-5-3-6-16(22)13-15)17(20(27)21(25)28)19(26)14-7-9-23-10-8-14/h3,5-10,13,18,26H,4,11-12H2,1-2H3/p+1/t18-/m0/s1. The third-order valence-corrected chi connectivity index (χ3v) is 4.73. The minimum absolute atomic E-state index is 0.0287. The van der Waals surface area contributed by atoms with Gasteiger partial charge in [-0.2, -0.15) is 0 Å². The number of likely N-dealkylation sites (tertiary alicyclic amines) is 1. The summed E-state index contributed by atoms with van der Waals surface area (Å²) >= 11 is 0. The maximum absolute atomic E-state index is 13.9. The van der Waals surface area contributed by atoms with Crippen molar-refractivity contribution < 1.29 is 24.0 Å². The molecule has 1 aromatic heterocycles. The fraction of sp³-hybridized carbons (Fsp3) is 0.286. The zero-order chi connectivity index (χ0) is 20.3. The van der Waals surface area contributed by atoms with Crippen LogP contribution in [0.15, 0.2) is 54.4 Å². The maximum atomic E-state index is 13.9. The van der Waals surface area contributed by atoms with E-state index < -0.39 is 23.5 Å². The van der Waals surface area contributed by atoms with Crippen molar-refractivity contribution in [2.24, 2.45) is 0 Å². The lowest BCUT2D eigenvalue weighted by Crippen LogP contribution is -3.05. The Bertz CT molecular complexity index is 912. The van der Waals surface area contributed by atoms with Gasteiger partial charge < -0.3 is 14.9 Å². The summed E-state index contributed by atoms with van der Waals surface area (Å²) in [6.45, 7) is 1.15. The van der Waals surface area contributed by atoms with Gasteiger partial charge >= 0.3 is 0 Å². The average molecular weight is 384 g/mol. The van der Waals surface area contributed by atoms with Gasteiger partial charge in [-0.1, -0.05) is 12.1 Å². The van der Waals surface area contributed by atoms with Gasteiger partial charge in [0.25, 0.3) is 11.7 Å². The van der Waals surface area contributed by atoms with E-state index in [0.717, 1.165) is 6.54 Å². The van der Waals surface area contributed by atoms with Crippen molar-refractivity contribution in [3.63, 3.8) is 0 Å². The maximum Gasteiger partial charge on any atom is 0.295 e. The number of benzene rings is 1. The van der Waals surface area contributed by atoms with Crippen molar-refractivity contribution in [3.05, 3.63) is 71.3 Å². The number of amides is 1. The predicted octanol–water partition coefficient (Wildman–Crippen LogP) is 1.18. The number of aliphatic hydroxyl groups excluding tert-OH is 1. The molecule has 1 atom stereocenters. The molecule has 0 unspecified atom stereocenters.